The summed E-state index contributed by atoms with van der Waals surface area (Å²) in [6.07, 6.45) is 0.801. The first-order valence-corrected chi connectivity index (χ1v) is 11.5. The Morgan fingerprint density at radius 1 is 1.00 bits per heavy atom. The number of carbonyl (C=O) groups excluding carboxylic acids is 1. The molecule has 1 N–H and O–H groups in total. The molecule has 1 amide bonds. The summed E-state index contributed by atoms with van der Waals surface area (Å²) in [5.74, 6) is 1.33. The van der Waals surface area contributed by atoms with Crippen molar-refractivity contribution in [3.63, 3.8) is 0 Å². The highest BCUT2D eigenvalue weighted by molar-refractivity contribution is 8.00. The molecule has 5 nitrogen and oxygen atoms in total. The molecule has 0 fully saturated rings. The first kappa shape index (κ1) is 21.5. The van der Waals surface area contributed by atoms with E-state index in [2.05, 4.69) is 60.6 Å². The van der Waals surface area contributed by atoms with Crippen molar-refractivity contribution >= 4 is 35.4 Å². The Morgan fingerprint density at radius 3 is 2.31 bits per heavy atom. The number of aromatic nitrogens is 2. The molecule has 0 aliphatic rings. The average molecular weight is 428 g/mol. The molecule has 0 radical (unpaired) electrons. The number of rotatable bonds is 9. The second-order valence-corrected chi connectivity index (χ2v) is 9.78. The minimum atomic E-state index is -0.175. The molecular formula is C22H25N3O2S2. The molecule has 0 aliphatic heterocycles. The highest BCUT2D eigenvalue weighted by Gasteiger charge is 2.11. The lowest BCUT2D eigenvalue weighted by Gasteiger charge is -2.05. The van der Waals surface area contributed by atoms with E-state index in [4.69, 9.17) is 4.42 Å². The second-order valence-electron chi connectivity index (χ2n) is 6.79. The van der Waals surface area contributed by atoms with Crippen LogP contribution < -0.4 is 5.32 Å². The van der Waals surface area contributed by atoms with Crippen LogP contribution in [0, 0.1) is 0 Å². The first-order valence-electron chi connectivity index (χ1n) is 9.61. The fourth-order valence-electron chi connectivity index (χ4n) is 2.73. The number of anilines is 1. The van der Waals surface area contributed by atoms with E-state index in [9.17, 15) is 4.79 Å². The molecule has 1 heterocycles. The van der Waals surface area contributed by atoms with Crippen molar-refractivity contribution in [2.75, 3.05) is 11.1 Å². The lowest BCUT2D eigenvalue weighted by atomic mass is 10.1. The number of nitrogens with one attached hydrogen (secondary N) is 1. The van der Waals surface area contributed by atoms with Gasteiger partial charge in [-0.15, -0.1) is 28.6 Å². The predicted octanol–water partition coefficient (Wildman–Crippen LogP) is 5.45. The van der Waals surface area contributed by atoms with Gasteiger partial charge in [0.1, 0.15) is 0 Å². The van der Waals surface area contributed by atoms with E-state index < -0.39 is 0 Å². The van der Waals surface area contributed by atoms with Gasteiger partial charge in [0, 0.05) is 15.0 Å². The standard InChI is InChI=1S/C22H25N3O2S2/c1-4-28-18-9-5-16(6-10-18)13-20(26)23-22-25-24-21(27-22)14-17-7-11-19(12-8-17)29-15(2)3/h5-12,15H,4,13-14H2,1-3H3,(H,23,25,26). The summed E-state index contributed by atoms with van der Waals surface area (Å²) in [6, 6.07) is 16.5. The van der Waals surface area contributed by atoms with Crippen LogP contribution in [0.4, 0.5) is 6.01 Å². The number of hydrogen-bond donors (Lipinski definition) is 1. The van der Waals surface area contributed by atoms with Crippen LogP contribution in [0.3, 0.4) is 0 Å². The lowest BCUT2D eigenvalue weighted by Crippen LogP contribution is -2.14. The van der Waals surface area contributed by atoms with Crippen LogP contribution in [0.1, 0.15) is 37.8 Å². The van der Waals surface area contributed by atoms with Crippen molar-refractivity contribution in [1.82, 2.24) is 10.2 Å². The van der Waals surface area contributed by atoms with E-state index >= 15 is 0 Å². The van der Waals surface area contributed by atoms with Gasteiger partial charge in [0.05, 0.1) is 12.8 Å². The third kappa shape index (κ3) is 6.94. The number of carbonyl (C=O) groups is 1. The number of benzene rings is 2. The van der Waals surface area contributed by atoms with Gasteiger partial charge >= 0.3 is 6.01 Å². The van der Waals surface area contributed by atoms with Gasteiger partial charge in [-0.1, -0.05) is 50.1 Å². The molecule has 7 heteroatoms. The van der Waals surface area contributed by atoms with Gasteiger partial charge in [0.15, 0.2) is 0 Å². The molecule has 2 aromatic carbocycles. The lowest BCUT2D eigenvalue weighted by molar-refractivity contribution is -0.115. The quantitative estimate of drug-likeness (QED) is 0.458. The Kier molecular flexibility index (Phi) is 7.77. The Bertz CT molecular complexity index is 922. The molecule has 152 valence electrons. The van der Waals surface area contributed by atoms with E-state index in [0.717, 1.165) is 16.9 Å². The third-order valence-corrected chi connectivity index (χ3v) is 5.87. The van der Waals surface area contributed by atoms with Gasteiger partial charge < -0.3 is 4.42 Å². The van der Waals surface area contributed by atoms with E-state index in [1.165, 1.54) is 9.79 Å². The molecule has 0 bridgehead atoms. The maximum absolute atomic E-state index is 12.2. The molecule has 0 spiro atoms. The number of thioether (sulfide) groups is 2. The molecule has 0 atom stereocenters. The van der Waals surface area contributed by atoms with Crippen molar-refractivity contribution in [3.8, 4) is 0 Å². The second kappa shape index (κ2) is 10.5. The zero-order valence-corrected chi connectivity index (χ0v) is 18.5. The molecule has 29 heavy (non-hydrogen) atoms. The predicted molar refractivity (Wildman–Crippen MR) is 120 cm³/mol. The zero-order valence-electron chi connectivity index (χ0n) is 16.8. The number of amides is 1. The largest absolute Gasteiger partial charge is 0.407 e. The smallest absolute Gasteiger partial charge is 0.322 e. The van der Waals surface area contributed by atoms with Crippen molar-refractivity contribution < 1.29 is 9.21 Å². The molecule has 1 aromatic heterocycles. The topological polar surface area (TPSA) is 68.0 Å². The first-order chi connectivity index (χ1) is 14.0. The Balaban J connectivity index is 1.52. The van der Waals surface area contributed by atoms with Crippen molar-refractivity contribution in [3.05, 3.63) is 65.5 Å². The van der Waals surface area contributed by atoms with Crippen LogP contribution in [-0.2, 0) is 17.6 Å². The Morgan fingerprint density at radius 2 is 1.66 bits per heavy atom. The molecule has 0 saturated heterocycles. The normalized spacial score (nSPS) is 11.0. The minimum Gasteiger partial charge on any atom is -0.407 e. The van der Waals surface area contributed by atoms with Gasteiger partial charge in [-0.2, -0.15) is 0 Å². The summed E-state index contributed by atoms with van der Waals surface area (Å²) < 4.78 is 5.58. The highest BCUT2D eigenvalue weighted by atomic mass is 32.2. The monoisotopic (exact) mass is 427 g/mol. The van der Waals surface area contributed by atoms with Crippen molar-refractivity contribution in [2.24, 2.45) is 0 Å². The molecule has 3 rings (SSSR count). The van der Waals surface area contributed by atoms with Crippen LogP contribution >= 0.6 is 23.5 Å². The maximum Gasteiger partial charge on any atom is 0.322 e. The van der Waals surface area contributed by atoms with Gasteiger partial charge in [-0.05, 0) is 41.1 Å². The maximum atomic E-state index is 12.2. The number of nitrogens with zero attached hydrogens (tertiary/aromatic N) is 2. The van der Waals surface area contributed by atoms with Crippen molar-refractivity contribution in [1.29, 1.82) is 0 Å². The average Bonchev–Trinajstić information content (AvgIpc) is 3.11. The number of hydrogen-bond acceptors (Lipinski definition) is 6. The van der Waals surface area contributed by atoms with Gasteiger partial charge in [-0.3, -0.25) is 10.1 Å². The van der Waals surface area contributed by atoms with Crippen LogP contribution in [0.15, 0.2) is 62.7 Å². The Hall–Kier alpha value is -2.25. The van der Waals surface area contributed by atoms with E-state index in [1.54, 1.807) is 11.8 Å². The molecular weight excluding hydrogens is 402 g/mol. The van der Waals surface area contributed by atoms with E-state index in [0.29, 0.717) is 17.6 Å². The van der Waals surface area contributed by atoms with Gasteiger partial charge in [0.2, 0.25) is 11.8 Å². The molecule has 3 aromatic rings. The van der Waals surface area contributed by atoms with Crippen molar-refractivity contribution in [2.45, 2.75) is 48.7 Å². The summed E-state index contributed by atoms with van der Waals surface area (Å²) in [6.45, 7) is 6.46. The highest BCUT2D eigenvalue weighted by Crippen LogP contribution is 2.23. The van der Waals surface area contributed by atoms with Crippen LogP contribution in [-0.4, -0.2) is 27.1 Å². The summed E-state index contributed by atoms with van der Waals surface area (Å²) in [5.41, 5.74) is 2.03. The fraction of sp³-hybridized carbons (Fsp3) is 0.318. The van der Waals surface area contributed by atoms with Gasteiger partial charge in [0.25, 0.3) is 0 Å². The van der Waals surface area contributed by atoms with Gasteiger partial charge in [-0.25, -0.2) is 0 Å². The Labute approximate surface area is 180 Å². The fourth-order valence-corrected chi connectivity index (χ4v) is 4.23. The van der Waals surface area contributed by atoms with E-state index in [-0.39, 0.29) is 18.3 Å². The van der Waals surface area contributed by atoms with Crippen LogP contribution in [0.5, 0.6) is 0 Å². The SMILES string of the molecule is CCSc1ccc(CC(=O)Nc2nnc(Cc3ccc(SC(C)C)cc3)o2)cc1. The summed E-state index contributed by atoms with van der Waals surface area (Å²) >= 11 is 3.60. The minimum absolute atomic E-state index is 0.134. The van der Waals surface area contributed by atoms with Crippen LogP contribution in [0.2, 0.25) is 0 Å². The molecule has 0 unspecified atom stereocenters. The summed E-state index contributed by atoms with van der Waals surface area (Å²) in [5, 5.41) is 11.2. The molecule has 0 saturated carbocycles. The summed E-state index contributed by atoms with van der Waals surface area (Å²) in [7, 11) is 0. The van der Waals surface area contributed by atoms with E-state index in [1.807, 2.05) is 36.0 Å². The zero-order chi connectivity index (χ0) is 20.6. The van der Waals surface area contributed by atoms with Crippen LogP contribution in [0.25, 0.3) is 0 Å². The molecule has 0 aliphatic carbocycles. The third-order valence-electron chi connectivity index (χ3n) is 3.96. The summed E-state index contributed by atoms with van der Waals surface area (Å²) in [4.78, 5) is 14.7.